The molecule has 1 aliphatic carbocycles. The Balaban J connectivity index is 1.88. The van der Waals surface area contributed by atoms with Crippen LogP contribution in [0.25, 0.3) is 5.70 Å². The molecule has 4 rings (SSSR count). The maximum Gasteiger partial charge on any atom is 0.310 e. The monoisotopic (exact) mass is 390 g/mol. The number of hydrogen-bond acceptors (Lipinski definition) is 5. The fraction of sp³-hybridized carbons (Fsp3) is 0.261. The van der Waals surface area contributed by atoms with Crippen molar-refractivity contribution in [3.8, 4) is 5.75 Å². The van der Waals surface area contributed by atoms with Gasteiger partial charge in [-0.3, -0.25) is 14.9 Å². The molecule has 0 bridgehead atoms. The van der Waals surface area contributed by atoms with Gasteiger partial charge < -0.3 is 10.4 Å². The molecule has 1 heterocycles. The molecule has 0 radical (unpaired) electrons. The van der Waals surface area contributed by atoms with Gasteiger partial charge in [0.2, 0.25) is 0 Å². The summed E-state index contributed by atoms with van der Waals surface area (Å²) in [5.41, 5.74) is 3.47. The van der Waals surface area contributed by atoms with Crippen LogP contribution in [0.2, 0.25) is 0 Å². The van der Waals surface area contributed by atoms with Gasteiger partial charge in [0.05, 0.1) is 4.92 Å². The van der Waals surface area contributed by atoms with Crippen molar-refractivity contribution in [2.75, 3.05) is 0 Å². The average Bonchev–Trinajstić information content (AvgIpc) is 2.67. The predicted octanol–water partition coefficient (Wildman–Crippen LogP) is 4.67. The molecule has 0 saturated carbocycles. The third kappa shape index (κ3) is 3.53. The maximum absolute atomic E-state index is 13.0. The number of phenolic OH excluding ortho intramolecular Hbond substituents is 1. The van der Waals surface area contributed by atoms with Gasteiger partial charge in [0.25, 0.3) is 0 Å². The molecule has 0 fully saturated rings. The van der Waals surface area contributed by atoms with Crippen LogP contribution in [0, 0.1) is 15.5 Å². The summed E-state index contributed by atoms with van der Waals surface area (Å²) in [5.74, 6) is -0.748. The molecule has 2 aromatic carbocycles. The Morgan fingerprint density at radius 3 is 2.55 bits per heavy atom. The second-order valence-electron chi connectivity index (χ2n) is 8.39. The van der Waals surface area contributed by atoms with Crippen LogP contribution in [0.1, 0.15) is 43.7 Å². The van der Waals surface area contributed by atoms with Crippen molar-refractivity contribution >= 4 is 17.2 Å². The number of Topliss-reactive ketones (excluding diaryl/α,β-unsaturated/α-hetero) is 1. The van der Waals surface area contributed by atoms with Crippen molar-refractivity contribution in [1.82, 2.24) is 5.32 Å². The topological polar surface area (TPSA) is 92.5 Å². The third-order valence-corrected chi connectivity index (χ3v) is 5.49. The Kier molecular flexibility index (Phi) is 4.49. The zero-order valence-corrected chi connectivity index (χ0v) is 16.3. The molecule has 1 unspecified atom stereocenters. The van der Waals surface area contributed by atoms with Gasteiger partial charge in [-0.15, -0.1) is 0 Å². The molecule has 0 saturated heterocycles. The fourth-order valence-corrected chi connectivity index (χ4v) is 4.19. The lowest BCUT2D eigenvalue weighted by Crippen LogP contribution is -2.35. The second-order valence-corrected chi connectivity index (χ2v) is 8.39. The number of nitrogens with zero attached hydrogens (tertiary/aromatic N) is 1. The molecule has 0 amide bonds. The Labute approximate surface area is 168 Å². The van der Waals surface area contributed by atoms with Gasteiger partial charge in [0.15, 0.2) is 11.5 Å². The minimum absolute atomic E-state index is 0.0489. The SMILES string of the molecule is CC1(C)CC(=O)C2=C(C1)NC(c1ccccc1)=CC2c1ccc(O)c([N+](=O)[O-])c1. The van der Waals surface area contributed by atoms with Gasteiger partial charge in [-0.25, -0.2) is 0 Å². The third-order valence-electron chi connectivity index (χ3n) is 5.49. The number of dihydropyridines is 1. The smallest absolute Gasteiger partial charge is 0.310 e. The molecule has 2 N–H and O–H groups in total. The van der Waals surface area contributed by atoms with E-state index in [0.717, 1.165) is 23.4 Å². The molecule has 148 valence electrons. The van der Waals surface area contributed by atoms with Crippen molar-refractivity contribution in [2.45, 2.75) is 32.6 Å². The van der Waals surface area contributed by atoms with Crippen LogP contribution in [0.3, 0.4) is 0 Å². The summed E-state index contributed by atoms with van der Waals surface area (Å²) in [5, 5.41) is 24.6. The van der Waals surface area contributed by atoms with Crippen LogP contribution in [0.5, 0.6) is 5.75 Å². The number of carbonyl (C=O) groups excluding carboxylic acids is 1. The molecular formula is C23H22N2O4. The molecular weight excluding hydrogens is 368 g/mol. The fourth-order valence-electron chi connectivity index (χ4n) is 4.19. The first-order valence-electron chi connectivity index (χ1n) is 9.53. The van der Waals surface area contributed by atoms with Crippen LogP contribution in [0.15, 0.2) is 65.9 Å². The molecule has 29 heavy (non-hydrogen) atoms. The van der Waals surface area contributed by atoms with E-state index in [1.54, 1.807) is 6.07 Å². The lowest BCUT2D eigenvalue weighted by atomic mass is 9.70. The van der Waals surface area contributed by atoms with Crippen molar-refractivity contribution in [3.05, 3.63) is 87.1 Å². The maximum atomic E-state index is 13.0. The normalized spacial score (nSPS) is 20.6. The number of carbonyl (C=O) groups is 1. The minimum atomic E-state index is -0.608. The molecule has 1 atom stereocenters. The lowest BCUT2D eigenvalue weighted by Gasteiger charge is -2.38. The Hall–Kier alpha value is -3.41. The first-order valence-corrected chi connectivity index (χ1v) is 9.53. The van der Waals surface area contributed by atoms with Gasteiger partial charge in [-0.2, -0.15) is 0 Å². The minimum Gasteiger partial charge on any atom is -0.502 e. The standard InChI is InChI=1S/C23H22N2O4/c1-23(2)12-18-22(21(27)13-23)16(11-17(24-18)14-6-4-3-5-7-14)15-8-9-20(26)19(10-15)25(28)29/h3-11,16,24,26H,12-13H2,1-2H3. The number of hydrogen-bond donors (Lipinski definition) is 2. The summed E-state index contributed by atoms with van der Waals surface area (Å²) in [4.78, 5) is 23.8. The molecule has 0 aromatic heterocycles. The number of benzene rings is 2. The summed E-state index contributed by atoms with van der Waals surface area (Å²) in [6.07, 6.45) is 3.09. The highest BCUT2D eigenvalue weighted by molar-refractivity contribution is 6.00. The first-order chi connectivity index (χ1) is 13.7. The highest BCUT2D eigenvalue weighted by Gasteiger charge is 2.39. The quantitative estimate of drug-likeness (QED) is 0.587. The summed E-state index contributed by atoms with van der Waals surface area (Å²) < 4.78 is 0. The predicted molar refractivity (Wildman–Crippen MR) is 110 cm³/mol. The summed E-state index contributed by atoms with van der Waals surface area (Å²) >= 11 is 0. The highest BCUT2D eigenvalue weighted by atomic mass is 16.6. The van der Waals surface area contributed by atoms with E-state index in [0.29, 0.717) is 17.6 Å². The van der Waals surface area contributed by atoms with Crippen LogP contribution in [-0.4, -0.2) is 15.8 Å². The lowest BCUT2D eigenvalue weighted by molar-refractivity contribution is -0.385. The van der Waals surface area contributed by atoms with E-state index in [-0.39, 0.29) is 22.6 Å². The molecule has 6 nitrogen and oxygen atoms in total. The second kappa shape index (κ2) is 6.88. The zero-order chi connectivity index (χ0) is 20.8. The van der Waals surface area contributed by atoms with Crippen molar-refractivity contribution in [2.24, 2.45) is 5.41 Å². The van der Waals surface area contributed by atoms with E-state index < -0.39 is 10.8 Å². The molecule has 2 aliphatic rings. The van der Waals surface area contributed by atoms with Crippen LogP contribution in [-0.2, 0) is 4.79 Å². The number of nitro benzene ring substituents is 1. The number of aromatic hydroxyl groups is 1. The highest BCUT2D eigenvalue weighted by Crippen LogP contribution is 2.45. The number of phenols is 1. The van der Waals surface area contributed by atoms with Crippen molar-refractivity contribution < 1.29 is 14.8 Å². The van der Waals surface area contributed by atoms with E-state index in [4.69, 9.17) is 0 Å². The van der Waals surface area contributed by atoms with Crippen LogP contribution >= 0.6 is 0 Å². The summed E-state index contributed by atoms with van der Waals surface area (Å²) in [6.45, 7) is 4.13. The first kappa shape index (κ1) is 18.9. The van der Waals surface area contributed by atoms with E-state index in [2.05, 4.69) is 19.2 Å². The van der Waals surface area contributed by atoms with E-state index in [9.17, 15) is 20.0 Å². The van der Waals surface area contributed by atoms with Gasteiger partial charge in [-0.1, -0.05) is 50.2 Å². The van der Waals surface area contributed by atoms with Crippen molar-refractivity contribution in [3.63, 3.8) is 0 Å². The average molecular weight is 390 g/mol. The number of nitrogens with one attached hydrogen (secondary N) is 1. The number of rotatable bonds is 3. The van der Waals surface area contributed by atoms with Crippen molar-refractivity contribution in [1.29, 1.82) is 0 Å². The largest absolute Gasteiger partial charge is 0.502 e. The Bertz CT molecular complexity index is 1070. The molecule has 2 aromatic rings. The van der Waals surface area contributed by atoms with Crippen LogP contribution < -0.4 is 5.32 Å². The molecule has 0 spiro atoms. The summed E-state index contributed by atoms with van der Waals surface area (Å²) in [6, 6.07) is 14.1. The van der Waals surface area contributed by atoms with E-state index in [1.165, 1.54) is 12.1 Å². The molecule has 6 heteroatoms. The van der Waals surface area contributed by atoms with Gasteiger partial charge in [0.1, 0.15) is 0 Å². The Morgan fingerprint density at radius 2 is 1.86 bits per heavy atom. The Morgan fingerprint density at radius 1 is 1.14 bits per heavy atom. The van der Waals surface area contributed by atoms with Gasteiger partial charge >= 0.3 is 5.69 Å². The van der Waals surface area contributed by atoms with E-state index in [1.807, 2.05) is 36.4 Å². The van der Waals surface area contributed by atoms with E-state index >= 15 is 0 Å². The van der Waals surface area contributed by atoms with Crippen LogP contribution in [0.4, 0.5) is 5.69 Å². The number of allylic oxidation sites excluding steroid dienone is 3. The molecule has 1 aliphatic heterocycles. The van der Waals surface area contributed by atoms with Gasteiger partial charge in [0, 0.05) is 35.4 Å². The van der Waals surface area contributed by atoms with Gasteiger partial charge in [-0.05, 0) is 35.1 Å². The summed E-state index contributed by atoms with van der Waals surface area (Å²) in [7, 11) is 0. The number of ketones is 1. The number of nitro groups is 1. The zero-order valence-electron chi connectivity index (χ0n) is 16.3.